The van der Waals surface area contributed by atoms with E-state index in [1.54, 1.807) is 0 Å². The molecule has 1 saturated heterocycles. The summed E-state index contributed by atoms with van der Waals surface area (Å²) < 4.78 is 43.7. The molecule has 1 aliphatic heterocycles. The number of β-amino-alcohol motifs (C(OH)–C–C–N with tert-alkyl or cyclic N) is 2. The Morgan fingerprint density at radius 1 is 1.35 bits per heavy atom. The highest BCUT2D eigenvalue weighted by molar-refractivity contribution is 5.35. The lowest BCUT2D eigenvalue weighted by molar-refractivity contribution is -0.139. The van der Waals surface area contributed by atoms with Gasteiger partial charge in [0.15, 0.2) is 0 Å². The number of aliphatic hydroxyl groups excluding tert-OH is 2. The van der Waals surface area contributed by atoms with Gasteiger partial charge in [-0.15, -0.1) is 0 Å². The molecule has 7 heteroatoms. The summed E-state index contributed by atoms with van der Waals surface area (Å²) in [6, 6.07) is 4.94. The summed E-state index contributed by atoms with van der Waals surface area (Å²) in [7, 11) is 0. The van der Waals surface area contributed by atoms with Crippen molar-refractivity contribution in [2.75, 3.05) is 26.2 Å². The first-order valence-electron chi connectivity index (χ1n) is 7.65. The minimum atomic E-state index is -4.49. The summed E-state index contributed by atoms with van der Waals surface area (Å²) in [6.45, 7) is 3.20. The minimum Gasteiger partial charge on any atom is -0.490 e. The first-order valence-corrected chi connectivity index (χ1v) is 7.65. The van der Waals surface area contributed by atoms with Crippen molar-refractivity contribution < 1.29 is 28.1 Å². The van der Waals surface area contributed by atoms with Crippen LogP contribution in [0.2, 0.25) is 0 Å². The zero-order chi connectivity index (χ0) is 17.0. The van der Waals surface area contributed by atoms with E-state index in [2.05, 4.69) is 0 Å². The molecule has 0 aliphatic carbocycles. The van der Waals surface area contributed by atoms with Crippen LogP contribution in [0.4, 0.5) is 13.2 Å². The van der Waals surface area contributed by atoms with E-state index in [4.69, 9.17) is 4.74 Å². The average Bonchev–Trinajstić information content (AvgIpc) is 2.48. The van der Waals surface area contributed by atoms with Crippen molar-refractivity contribution >= 4 is 0 Å². The molecule has 2 N–H and O–H groups in total. The number of ether oxygens (including phenoxy) is 1. The molecule has 1 aromatic carbocycles. The van der Waals surface area contributed by atoms with Crippen LogP contribution < -0.4 is 4.74 Å². The Morgan fingerprint density at radius 2 is 2.04 bits per heavy atom. The van der Waals surface area contributed by atoms with E-state index in [0.717, 1.165) is 19.0 Å². The fourth-order valence-electron chi connectivity index (χ4n) is 2.64. The summed E-state index contributed by atoms with van der Waals surface area (Å²) in [6.07, 6.45) is -5.03. The second-order valence-electron chi connectivity index (χ2n) is 6.05. The van der Waals surface area contributed by atoms with Crippen molar-refractivity contribution in [3.63, 3.8) is 0 Å². The Morgan fingerprint density at radius 3 is 2.70 bits per heavy atom. The molecular formula is C16H22F3NO3. The molecule has 0 spiro atoms. The largest absolute Gasteiger partial charge is 0.490 e. The van der Waals surface area contributed by atoms with Crippen LogP contribution in [0.5, 0.6) is 5.75 Å². The van der Waals surface area contributed by atoms with Crippen LogP contribution in [0.1, 0.15) is 18.9 Å². The Hall–Kier alpha value is -1.31. The lowest BCUT2D eigenvalue weighted by Gasteiger charge is -2.35. The van der Waals surface area contributed by atoms with E-state index in [0.29, 0.717) is 6.54 Å². The predicted molar refractivity (Wildman–Crippen MR) is 79.2 cm³/mol. The number of hydrogen-bond donors (Lipinski definition) is 2. The SMILES string of the molecule is C[C@@H]1CCN(C[C@H](O)COc2ccccc2C(F)(F)F)C[C@@H]1O. The molecule has 1 aliphatic rings. The predicted octanol–water partition coefficient (Wildman–Crippen LogP) is 2.15. The maximum Gasteiger partial charge on any atom is 0.419 e. The molecule has 0 bridgehead atoms. The molecule has 1 aromatic rings. The molecule has 1 heterocycles. The van der Waals surface area contributed by atoms with E-state index in [1.807, 2.05) is 11.8 Å². The van der Waals surface area contributed by atoms with Crippen LogP contribution in [-0.4, -0.2) is 53.6 Å². The van der Waals surface area contributed by atoms with Crippen LogP contribution in [0, 0.1) is 5.92 Å². The quantitative estimate of drug-likeness (QED) is 0.867. The summed E-state index contributed by atoms with van der Waals surface area (Å²) in [5, 5.41) is 19.8. The minimum absolute atomic E-state index is 0.221. The number of para-hydroxylation sites is 1. The number of rotatable bonds is 5. The molecule has 2 rings (SSSR count). The van der Waals surface area contributed by atoms with E-state index in [-0.39, 0.29) is 24.8 Å². The molecule has 0 aromatic heterocycles. The molecule has 0 amide bonds. The van der Waals surface area contributed by atoms with Crippen LogP contribution in [-0.2, 0) is 6.18 Å². The van der Waals surface area contributed by atoms with Crippen LogP contribution in [0.15, 0.2) is 24.3 Å². The summed E-state index contributed by atoms with van der Waals surface area (Å²) >= 11 is 0. The molecule has 1 fully saturated rings. The number of likely N-dealkylation sites (tertiary alicyclic amines) is 1. The highest BCUT2D eigenvalue weighted by Gasteiger charge is 2.34. The molecule has 0 radical (unpaired) electrons. The van der Waals surface area contributed by atoms with E-state index in [9.17, 15) is 23.4 Å². The number of piperidine rings is 1. The second kappa shape index (κ2) is 7.51. The molecule has 0 unspecified atom stereocenters. The number of aliphatic hydroxyl groups is 2. The van der Waals surface area contributed by atoms with Gasteiger partial charge < -0.3 is 14.9 Å². The van der Waals surface area contributed by atoms with Crippen molar-refractivity contribution in [2.24, 2.45) is 5.92 Å². The Kier molecular flexibility index (Phi) is 5.89. The topological polar surface area (TPSA) is 52.9 Å². The molecular weight excluding hydrogens is 311 g/mol. The van der Waals surface area contributed by atoms with Gasteiger partial charge in [0, 0.05) is 13.1 Å². The number of alkyl halides is 3. The fourth-order valence-corrected chi connectivity index (χ4v) is 2.64. The molecule has 23 heavy (non-hydrogen) atoms. The summed E-state index contributed by atoms with van der Waals surface area (Å²) in [4.78, 5) is 1.90. The molecule has 4 nitrogen and oxygen atoms in total. The van der Waals surface area contributed by atoms with Gasteiger partial charge in [0.2, 0.25) is 0 Å². The van der Waals surface area contributed by atoms with Gasteiger partial charge in [0.05, 0.1) is 11.7 Å². The van der Waals surface area contributed by atoms with Crippen LogP contribution >= 0.6 is 0 Å². The van der Waals surface area contributed by atoms with E-state index < -0.39 is 23.9 Å². The van der Waals surface area contributed by atoms with Gasteiger partial charge in [-0.25, -0.2) is 0 Å². The van der Waals surface area contributed by atoms with Crippen molar-refractivity contribution in [1.29, 1.82) is 0 Å². The van der Waals surface area contributed by atoms with Gasteiger partial charge in [0.1, 0.15) is 18.5 Å². The molecule has 130 valence electrons. The first-order chi connectivity index (χ1) is 10.8. The summed E-state index contributed by atoms with van der Waals surface area (Å²) in [5.74, 6) is -0.0651. The Bertz CT molecular complexity index is 510. The highest BCUT2D eigenvalue weighted by Crippen LogP contribution is 2.35. The van der Waals surface area contributed by atoms with Crippen molar-refractivity contribution in [3.8, 4) is 5.75 Å². The van der Waals surface area contributed by atoms with Gasteiger partial charge in [-0.3, -0.25) is 4.90 Å². The second-order valence-corrected chi connectivity index (χ2v) is 6.05. The Balaban J connectivity index is 1.87. The van der Waals surface area contributed by atoms with Gasteiger partial charge in [-0.05, 0) is 31.0 Å². The monoisotopic (exact) mass is 333 g/mol. The standard InChI is InChI=1S/C16H22F3NO3/c1-11-6-7-20(9-14(11)22)8-12(21)10-23-15-5-3-2-4-13(15)16(17,18)19/h2-5,11-12,14,21-22H,6-10H2,1H3/t11-,12+,14+/m1/s1. The van der Waals surface area contributed by atoms with Crippen molar-refractivity contribution in [1.82, 2.24) is 4.90 Å². The number of hydrogen-bond acceptors (Lipinski definition) is 4. The number of nitrogens with zero attached hydrogens (tertiary/aromatic N) is 1. The third-order valence-electron chi connectivity index (χ3n) is 4.10. The summed E-state index contributed by atoms with van der Waals surface area (Å²) in [5.41, 5.74) is -0.852. The lowest BCUT2D eigenvalue weighted by atomic mass is 9.96. The first kappa shape index (κ1) is 18.0. The maximum atomic E-state index is 12.8. The third-order valence-corrected chi connectivity index (χ3v) is 4.10. The van der Waals surface area contributed by atoms with E-state index in [1.165, 1.54) is 18.2 Å². The molecule has 0 saturated carbocycles. The van der Waals surface area contributed by atoms with E-state index >= 15 is 0 Å². The Labute approximate surface area is 133 Å². The van der Waals surface area contributed by atoms with Crippen LogP contribution in [0.3, 0.4) is 0 Å². The lowest BCUT2D eigenvalue weighted by Crippen LogP contribution is -2.46. The van der Waals surface area contributed by atoms with Gasteiger partial charge in [-0.1, -0.05) is 19.1 Å². The number of benzene rings is 1. The fraction of sp³-hybridized carbons (Fsp3) is 0.625. The maximum absolute atomic E-state index is 12.8. The number of halogens is 3. The highest BCUT2D eigenvalue weighted by atomic mass is 19.4. The van der Waals surface area contributed by atoms with Gasteiger partial charge >= 0.3 is 6.18 Å². The average molecular weight is 333 g/mol. The van der Waals surface area contributed by atoms with Crippen molar-refractivity contribution in [2.45, 2.75) is 31.7 Å². The zero-order valence-electron chi connectivity index (χ0n) is 13.0. The third kappa shape index (κ3) is 5.09. The normalized spacial score (nSPS) is 24.4. The van der Waals surface area contributed by atoms with Crippen molar-refractivity contribution in [3.05, 3.63) is 29.8 Å². The van der Waals surface area contributed by atoms with Gasteiger partial charge in [-0.2, -0.15) is 13.2 Å². The zero-order valence-corrected chi connectivity index (χ0v) is 13.0. The molecule has 3 atom stereocenters. The van der Waals surface area contributed by atoms with Gasteiger partial charge in [0.25, 0.3) is 0 Å². The smallest absolute Gasteiger partial charge is 0.419 e. The van der Waals surface area contributed by atoms with Crippen LogP contribution in [0.25, 0.3) is 0 Å².